The molecule has 1 aromatic heterocycles. The van der Waals surface area contributed by atoms with Gasteiger partial charge < -0.3 is 16.0 Å². The van der Waals surface area contributed by atoms with Crippen molar-refractivity contribution < 1.29 is 9.18 Å². The molecular formula is C21H30FIN4OS. The molecule has 1 aromatic carbocycles. The highest BCUT2D eigenvalue weighted by molar-refractivity contribution is 14.0. The van der Waals surface area contributed by atoms with Crippen LogP contribution in [0.5, 0.6) is 0 Å². The van der Waals surface area contributed by atoms with E-state index < -0.39 is 0 Å². The number of guanidine groups is 1. The average Bonchev–Trinajstić information content (AvgIpc) is 3.18. The van der Waals surface area contributed by atoms with E-state index in [1.165, 1.54) is 17.0 Å². The monoisotopic (exact) mass is 532 g/mol. The number of benzene rings is 1. The lowest BCUT2D eigenvalue weighted by Crippen LogP contribution is -2.42. The van der Waals surface area contributed by atoms with Gasteiger partial charge >= 0.3 is 0 Å². The minimum Gasteiger partial charge on any atom is -0.357 e. The van der Waals surface area contributed by atoms with Crippen LogP contribution in [-0.2, 0) is 17.6 Å². The van der Waals surface area contributed by atoms with E-state index in [1.54, 1.807) is 23.5 Å². The van der Waals surface area contributed by atoms with Crippen LogP contribution in [0, 0.1) is 11.7 Å². The molecule has 1 atom stereocenters. The third-order valence-corrected chi connectivity index (χ3v) is 4.95. The summed E-state index contributed by atoms with van der Waals surface area (Å²) < 4.78 is 12.9. The number of amides is 1. The lowest BCUT2D eigenvalue weighted by molar-refractivity contribution is -0.120. The molecule has 0 bridgehead atoms. The Morgan fingerprint density at radius 1 is 1.14 bits per heavy atom. The maximum atomic E-state index is 12.9. The van der Waals surface area contributed by atoms with Gasteiger partial charge in [0.1, 0.15) is 5.82 Å². The minimum atomic E-state index is -0.298. The molecule has 1 unspecified atom stereocenters. The fourth-order valence-corrected chi connectivity index (χ4v) is 3.53. The van der Waals surface area contributed by atoms with Crippen LogP contribution in [0.4, 0.5) is 4.39 Å². The maximum Gasteiger partial charge on any atom is 0.224 e. The second-order valence-electron chi connectivity index (χ2n) is 6.69. The van der Waals surface area contributed by atoms with E-state index in [9.17, 15) is 9.18 Å². The number of thiophene rings is 1. The molecule has 0 spiro atoms. The van der Waals surface area contributed by atoms with Crippen molar-refractivity contribution in [2.45, 2.75) is 26.7 Å². The molecule has 0 aliphatic carbocycles. The number of nitrogens with one attached hydrogen (secondary N) is 3. The lowest BCUT2D eigenvalue weighted by atomic mass is 10.1. The average molecular weight is 532 g/mol. The number of aliphatic imine (C=N–C) groups is 1. The molecule has 0 aliphatic heterocycles. The zero-order chi connectivity index (χ0) is 20.2. The Bertz CT molecular complexity index is 738. The van der Waals surface area contributed by atoms with Crippen molar-refractivity contribution >= 4 is 47.2 Å². The fourth-order valence-electron chi connectivity index (χ4n) is 2.66. The van der Waals surface area contributed by atoms with Gasteiger partial charge in [-0.05, 0) is 48.4 Å². The summed E-state index contributed by atoms with van der Waals surface area (Å²) in [6.07, 6.45) is 1.27. The Morgan fingerprint density at radius 3 is 2.52 bits per heavy atom. The molecule has 0 aliphatic rings. The van der Waals surface area contributed by atoms with Crippen LogP contribution >= 0.6 is 35.3 Å². The lowest BCUT2D eigenvalue weighted by Gasteiger charge is -2.13. The molecular weight excluding hydrogens is 502 g/mol. The van der Waals surface area contributed by atoms with E-state index in [-0.39, 0.29) is 42.1 Å². The summed E-state index contributed by atoms with van der Waals surface area (Å²) in [5.41, 5.74) is 0.793. The quantitative estimate of drug-likeness (QED) is 0.190. The van der Waals surface area contributed by atoms with Crippen LogP contribution in [-0.4, -0.2) is 38.0 Å². The van der Waals surface area contributed by atoms with Crippen molar-refractivity contribution in [3.63, 3.8) is 0 Å². The SMILES string of the molecule is CCNC(=NCC(C)Cc1cccs1)NCCNC(=O)Cc1ccc(F)cc1.I. The summed E-state index contributed by atoms with van der Waals surface area (Å²) in [5, 5.41) is 11.4. The molecule has 1 amide bonds. The van der Waals surface area contributed by atoms with Crippen molar-refractivity contribution in [3.05, 3.63) is 58.0 Å². The number of carbonyl (C=O) groups is 1. The Kier molecular flexibility index (Phi) is 12.5. The first-order valence-corrected chi connectivity index (χ1v) is 10.5. The second kappa shape index (κ2) is 14.3. The van der Waals surface area contributed by atoms with Gasteiger partial charge in [0.25, 0.3) is 0 Å². The molecule has 5 nitrogen and oxygen atoms in total. The number of hydrogen-bond donors (Lipinski definition) is 3. The largest absolute Gasteiger partial charge is 0.357 e. The molecule has 0 saturated heterocycles. The topological polar surface area (TPSA) is 65.5 Å². The summed E-state index contributed by atoms with van der Waals surface area (Å²) in [5.74, 6) is 0.839. The van der Waals surface area contributed by atoms with E-state index >= 15 is 0 Å². The van der Waals surface area contributed by atoms with Gasteiger partial charge in [-0.1, -0.05) is 25.1 Å². The minimum absolute atomic E-state index is 0. The van der Waals surface area contributed by atoms with E-state index in [4.69, 9.17) is 0 Å². The standard InChI is InChI=1S/C21H29FN4OS.HI/c1-3-23-21(26-15-16(2)13-19-5-4-12-28-19)25-11-10-24-20(27)14-17-6-8-18(22)9-7-17;/h4-9,12,16H,3,10-11,13-15H2,1-2H3,(H,24,27)(H2,23,25,26);1H. The van der Waals surface area contributed by atoms with Crippen LogP contribution in [0.2, 0.25) is 0 Å². The Hall–Kier alpha value is -1.68. The van der Waals surface area contributed by atoms with Crippen LogP contribution < -0.4 is 16.0 Å². The van der Waals surface area contributed by atoms with Crippen LogP contribution in [0.25, 0.3) is 0 Å². The summed E-state index contributed by atoms with van der Waals surface area (Å²) in [6.45, 7) is 6.82. The van der Waals surface area contributed by atoms with Gasteiger partial charge in [0.15, 0.2) is 5.96 Å². The first kappa shape index (κ1) is 25.4. The van der Waals surface area contributed by atoms with Gasteiger partial charge in [-0.3, -0.25) is 9.79 Å². The smallest absolute Gasteiger partial charge is 0.224 e. The number of rotatable bonds is 10. The Morgan fingerprint density at radius 2 is 1.86 bits per heavy atom. The molecule has 0 fully saturated rings. The van der Waals surface area contributed by atoms with Crippen LogP contribution in [0.3, 0.4) is 0 Å². The van der Waals surface area contributed by atoms with Gasteiger partial charge in [-0.2, -0.15) is 0 Å². The van der Waals surface area contributed by atoms with Gasteiger partial charge in [0, 0.05) is 31.1 Å². The van der Waals surface area contributed by atoms with Crippen LogP contribution in [0.15, 0.2) is 46.8 Å². The highest BCUT2D eigenvalue weighted by atomic mass is 127. The molecule has 8 heteroatoms. The highest BCUT2D eigenvalue weighted by Crippen LogP contribution is 2.14. The van der Waals surface area contributed by atoms with Crippen LogP contribution in [0.1, 0.15) is 24.3 Å². The zero-order valence-electron chi connectivity index (χ0n) is 16.9. The fraction of sp³-hybridized carbons (Fsp3) is 0.429. The predicted molar refractivity (Wildman–Crippen MR) is 130 cm³/mol. The molecule has 29 heavy (non-hydrogen) atoms. The van der Waals surface area contributed by atoms with E-state index in [0.717, 1.165) is 31.0 Å². The van der Waals surface area contributed by atoms with E-state index in [1.807, 2.05) is 6.92 Å². The molecule has 0 saturated carbocycles. The van der Waals surface area contributed by atoms with Crippen molar-refractivity contribution in [3.8, 4) is 0 Å². The van der Waals surface area contributed by atoms with Crippen molar-refractivity contribution in [1.29, 1.82) is 0 Å². The van der Waals surface area contributed by atoms with Crippen molar-refractivity contribution in [2.24, 2.45) is 10.9 Å². The van der Waals surface area contributed by atoms with Crippen molar-refractivity contribution in [1.82, 2.24) is 16.0 Å². The molecule has 2 rings (SSSR count). The normalized spacial score (nSPS) is 12.0. The van der Waals surface area contributed by atoms with E-state index in [2.05, 4.69) is 45.4 Å². The molecule has 2 aromatic rings. The molecule has 3 N–H and O–H groups in total. The number of nitrogens with zero attached hydrogens (tertiary/aromatic N) is 1. The second-order valence-corrected chi connectivity index (χ2v) is 7.72. The third-order valence-electron chi connectivity index (χ3n) is 4.05. The number of hydrogen-bond acceptors (Lipinski definition) is 3. The predicted octanol–water partition coefficient (Wildman–Crippen LogP) is 3.60. The Balaban J connectivity index is 0.00000420. The number of halogens is 2. The van der Waals surface area contributed by atoms with Gasteiger partial charge in [-0.25, -0.2) is 4.39 Å². The maximum absolute atomic E-state index is 12.9. The third kappa shape index (κ3) is 10.6. The zero-order valence-corrected chi connectivity index (χ0v) is 20.1. The van der Waals surface area contributed by atoms with Crippen molar-refractivity contribution in [2.75, 3.05) is 26.2 Å². The molecule has 160 valence electrons. The summed E-state index contributed by atoms with van der Waals surface area (Å²) >= 11 is 1.78. The molecule has 0 radical (unpaired) electrons. The summed E-state index contributed by atoms with van der Waals surface area (Å²) in [6, 6.07) is 10.2. The van der Waals surface area contributed by atoms with Gasteiger partial charge in [0.2, 0.25) is 5.91 Å². The highest BCUT2D eigenvalue weighted by Gasteiger charge is 2.06. The summed E-state index contributed by atoms with van der Waals surface area (Å²) in [4.78, 5) is 18.0. The van der Waals surface area contributed by atoms with Gasteiger partial charge in [0.05, 0.1) is 6.42 Å². The first-order valence-electron chi connectivity index (χ1n) is 9.62. The van der Waals surface area contributed by atoms with Gasteiger partial charge in [-0.15, -0.1) is 35.3 Å². The van der Waals surface area contributed by atoms with E-state index in [0.29, 0.717) is 19.0 Å². The number of carbonyl (C=O) groups excluding carboxylic acids is 1. The Labute approximate surface area is 193 Å². The molecule has 1 heterocycles. The summed E-state index contributed by atoms with van der Waals surface area (Å²) in [7, 11) is 0. The first-order chi connectivity index (χ1) is 13.6.